The van der Waals surface area contributed by atoms with Crippen molar-refractivity contribution in [1.29, 1.82) is 5.41 Å². The molecule has 0 aliphatic rings. The molecule has 122 valence electrons. The lowest BCUT2D eigenvalue weighted by Crippen LogP contribution is -2.02. The number of aromatic nitrogens is 2. The lowest BCUT2D eigenvalue weighted by atomic mass is 10.1. The van der Waals surface area contributed by atoms with Crippen LogP contribution in [0.1, 0.15) is 0 Å². The van der Waals surface area contributed by atoms with Crippen molar-refractivity contribution >= 4 is 28.1 Å². The van der Waals surface area contributed by atoms with Gasteiger partial charge in [0.15, 0.2) is 0 Å². The van der Waals surface area contributed by atoms with Crippen LogP contribution in [0.5, 0.6) is 5.75 Å². The summed E-state index contributed by atoms with van der Waals surface area (Å²) in [6.07, 6.45) is 2.70. The minimum Gasteiger partial charge on any atom is -0.508 e. The number of rotatable bonds is 2. The second-order valence-electron chi connectivity index (χ2n) is 5.51. The monoisotopic (exact) mass is 332 g/mol. The molecule has 0 aliphatic carbocycles. The summed E-state index contributed by atoms with van der Waals surface area (Å²) in [7, 11) is 0. The first-order chi connectivity index (χ1) is 12.2. The van der Waals surface area contributed by atoms with Crippen LogP contribution in [0, 0.1) is 11.2 Å². The molecule has 6 heteroatoms. The van der Waals surface area contributed by atoms with E-state index >= 15 is 0 Å². The standard InChI is InChI=1S/C19H13FN4O/c20-15-9-11(25)5-6-12(15)17-14-7-8-22-19(14)18(23-10-21)13-3-1-2-4-16(13)24-17/h1-10,21-22,25H. The minimum atomic E-state index is -0.559. The van der Waals surface area contributed by atoms with Crippen LogP contribution in [0.3, 0.4) is 0 Å². The van der Waals surface area contributed by atoms with Gasteiger partial charge in [-0.15, -0.1) is 0 Å². The fraction of sp³-hybridized carbons (Fsp3) is 0. The van der Waals surface area contributed by atoms with Crippen LogP contribution in [-0.4, -0.2) is 21.4 Å². The molecule has 0 spiro atoms. The molecule has 0 unspecified atom stereocenters. The number of H-pyrrole nitrogens is 1. The number of benzene rings is 2. The van der Waals surface area contributed by atoms with Crippen molar-refractivity contribution < 1.29 is 9.50 Å². The lowest BCUT2D eigenvalue weighted by Gasteiger charge is -2.03. The average molecular weight is 332 g/mol. The Balaban J connectivity index is 2.26. The summed E-state index contributed by atoms with van der Waals surface area (Å²) in [5.41, 5.74) is 2.02. The Labute approximate surface area is 141 Å². The molecular formula is C19H13FN4O. The molecule has 25 heavy (non-hydrogen) atoms. The van der Waals surface area contributed by atoms with Gasteiger partial charge in [0.25, 0.3) is 0 Å². The summed E-state index contributed by atoms with van der Waals surface area (Å²) < 4.78 is 14.5. The SMILES string of the molecule is N=CN=c1c2ccccc2nc(-c2ccc(O)cc2F)c2cc[nH]c12. The summed E-state index contributed by atoms with van der Waals surface area (Å²) in [6, 6.07) is 13.2. The topological polar surface area (TPSA) is 85.1 Å². The Morgan fingerprint density at radius 3 is 2.76 bits per heavy atom. The number of aromatic hydroxyl groups is 1. The van der Waals surface area contributed by atoms with E-state index in [0.717, 1.165) is 17.8 Å². The fourth-order valence-corrected chi connectivity index (χ4v) is 2.95. The third-order valence-corrected chi connectivity index (χ3v) is 4.03. The lowest BCUT2D eigenvalue weighted by molar-refractivity contribution is 0.469. The van der Waals surface area contributed by atoms with Crippen molar-refractivity contribution in [3.63, 3.8) is 0 Å². The highest BCUT2D eigenvalue weighted by Gasteiger charge is 2.14. The van der Waals surface area contributed by atoms with Crippen LogP contribution < -0.4 is 5.36 Å². The van der Waals surface area contributed by atoms with Crippen LogP contribution in [0.2, 0.25) is 0 Å². The maximum atomic E-state index is 14.5. The number of phenolic OH excluding ortho intramolecular Hbond substituents is 1. The van der Waals surface area contributed by atoms with Crippen molar-refractivity contribution in [1.82, 2.24) is 9.97 Å². The van der Waals surface area contributed by atoms with Crippen LogP contribution in [0.4, 0.5) is 4.39 Å². The average Bonchev–Trinajstić information content (AvgIpc) is 3.03. The highest BCUT2D eigenvalue weighted by atomic mass is 19.1. The van der Waals surface area contributed by atoms with Crippen molar-refractivity contribution in [2.24, 2.45) is 4.99 Å². The number of phenols is 1. The van der Waals surface area contributed by atoms with Gasteiger partial charge in [0, 0.05) is 28.6 Å². The first kappa shape index (κ1) is 15.0. The van der Waals surface area contributed by atoms with Gasteiger partial charge in [0.1, 0.15) is 17.9 Å². The molecule has 0 saturated carbocycles. The number of fused-ring (bicyclic) bond motifs is 2. The minimum absolute atomic E-state index is 0.142. The van der Waals surface area contributed by atoms with Crippen molar-refractivity contribution in [3.8, 4) is 17.0 Å². The molecule has 0 fully saturated rings. The van der Waals surface area contributed by atoms with E-state index < -0.39 is 5.82 Å². The van der Waals surface area contributed by atoms with E-state index in [2.05, 4.69) is 15.0 Å². The van der Waals surface area contributed by atoms with E-state index in [9.17, 15) is 9.50 Å². The smallest absolute Gasteiger partial charge is 0.136 e. The zero-order valence-electron chi connectivity index (χ0n) is 13.0. The van der Waals surface area contributed by atoms with Gasteiger partial charge < -0.3 is 10.1 Å². The fourth-order valence-electron chi connectivity index (χ4n) is 2.95. The Morgan fingerprint density at radius 1 is 1.12 bits per heavy atom. The van der Waals surface area contributed by atoms with Crippen LogP contribution >= 0.6 is 0 Å². The predicted octanol–water partition coefficient (Wildman–Crippen LogP) is 3.74. The zero-order valence-corrected chi connectivity index (χ0v) is 13.0. The van der Waals surface area contributed by atoms with Gasteiger partial charge in [0.05, 0.1) is 22.1 Å². The highest BCUT2D eigenvalue weighted by molar-refractivity contribution is 5.98. The summed E-state index contributed by atoms with van der Waals surface area (Å²) in [5, 5.41) is 18.9. The van der Waals surface area contributed by atoms with Gasteiger partial charge in [0.2, 0.25) is 0 Å². The number of para-hydroxylation sites is 1. The van der Waals surface area contributed by atoms with Gasteiger partial charge in [-0.3, -0.25) is 5.41 Å². The van der Waals surface area contributed by atoms with E-state index in [1.807, 2.05) is 24.3 Å². The Hall–Kier alpha value is -3.54. The van der Waals surface area contributed by atoms with Crippen LogP contribution in [0.25, 0.3) is 33.1 Å². The molecule has 0 aliphatic heterocycles. The number of nitrogens with zero attached hydrogens (tertiary/aromatic N) is 2. The largest absolute Gasteiger partial charge is 0.508 e. The molecule has 0 saturated heterocycles. The summed E-state index contributed by atoms with van der Waals surface area (Å²) in [5.74, 6) is -0.702. The quantitative estimate of drug-likeness (QED) is 0.386. The van der Waals surface area contributed by atoms with Crippen molar-refractivity contribution in [2.45, 2.75) is 0 Å². The predicted molar refractivity (Wildman–Crippen MR) is 95.0 cm³/mol. The molecule has 0 atom stereocenters. The maximum absolute atomic E-state index is 14.5. The molecule has 4 rings (SSSR count). The third kappa shape index (κ3) is 2.44. The number of nitrogens with one attached hydrogen (secondary N) is 2. The molecule has 2 aromatic heterocycles. The van der Waals surface area contributed by atoms with E-state index in [1.54, 1.807) is 12.3 Å². The van der Waals surface area contributed by atoms with Gasteiger partial charge >= 0.3 is 0 Å². The Kier molecular flexibility index (Phi) is 3.50. The Bertz CT molecular complexity index is 1200. The van der Waals surface area contributed by atoms with Crippen LogP contribution in [0.15, 0.2) is 59.7 Å². The number of hydrogen-bond acceptors (Lipinski definition) is 3. The zero-order chi connectivity index (χ0) is 17.4. The van der Waals surface area contributed by atoms with Crippen molar-refractivity contribution in [2.75, 3.05) is 0 Å². The molecule has 2 heterocycles. The summed E-state index contributed by atoms with van der Waals surface area (Å²) in [6.45, 7) is 0. The molecule has 2 aromatic carbocycles. The molecular weight excluding hydrogens is 319 g/mol. The van der Waals surface area contributed by atoms with Gasteiger partial charge in [-0.1, -0.05) is 18.2 Å². The van der Waals surface area contributed by atoms with Crippen molar-refractivity contribution in [3.05, 3.63) is 65.9 Å². The van der Waals surface area contributed by atoms with E-state index in [0.29, 0.717) is 27.5 Å². The number of halogens is 1. The van der Waals surface area contributed by atoms with Gasteiger partial charge in [-0.05, 0) is 24.3 Å². The van der Waals surface area contributed by atoms with E-state index in [4.69, 9.17) is 5.41 Å². The number of aromatic amines is 1. The van der Waals surface area contributed by atoms with E-state index in [-0.39, 0.29) is 11.3 Å². The molecule has 0 amide bonds. The Morgan fingerprint density at radius 2 is 1.96 bits per heavy atom. The maximum Gasteiger partial charge on any atom is 0.136 e. The van der Waals surface area contributed by atoms with Gasteiger partial charge in [-0.2, -0.15) is 0 Å². The van der Waals surface area contributed by atoms with Gasteiger partial charge in [-0.25, -0.2) is 14.4 Å². The molecule has 5 nitrogen and oxygen atoms in total. The number of hydrogen-bond donors (Lipinski definition) is 3. The first-order valence-electron chi connectivity index (χ1n) is 7.61. The second kappa shape index (κ2) is 5.83. The summed E-state index contributed by atoms with van der Waals surface area (Å²) >= 11 is 0. The third-order valence-electron chi connectivity index (χ3n) is 4.03. The second-order valence-corrected chi connectivity index (χ2v) is 5.51. The molecule has 4 aromatic rings. The molecule has 0 radical (unpaired) electrons. The van der Waals surface area contributed by atoms with E-state index in [1.165, 1.54) is 12.1 Å². The highest BCUT2D eigenvalue weighted by Crippen LogP contribution is 2.29. The molecule has 3 N–H and O–H groups in total. The summed E-state index contributed by atoms with van der Waals surface area (Å²) in [4.78, 5) is 12.0. The normalized spacial score (nSPS) is 12.0. The first-order valence-corrected chi connectivity index (χ1v) is 7.61. The molecule has 0 bridgehead atoms. The van der Waals surface area contributed by atoms with Crippen LogP contribution in [-0.2, 0) is 0 Å².